The lowest BCUT2D eigenvalue weighted by atomic mass is 10.1. The zero-order chi connectivity index (χ0) is 15.3. The van der Waals surface area contributed by atoms with E-state index >= 15 is 0 Å². The summed E-state index contributed by atoms with van der Waals surface area (Å²) >= 11 is 3.40. The predicted molar refractivity (Wildman–Crippen MR) is 80.5 cm³/mol. The topological polar surface area (TPSA) is 27.1 Å². The molecule has 6 heteroatoms. The lowest BCUT2D eigenvalue weighted by molar-refractivity contribution is 0.167. The Hall–Kier alpha value is -2.21. The Bertz CT molecular complexity index is 878. The monoisotopic (exact) mass is 362 g/mol. The summed E-state index contributed by atoms with van der Waals surface area (Å²) in [5.41, 5.74) is 1.37. The Labute approximate surface area is 133 Å². The molecule has 0 saturated heterocycles. The van der Waals surface area contributed by atoms with Crippen LogP contribution in [0, 0.1) is 11.6 Å². The van der Waals surface area contributed by atoms with Gasteiger partial charge < -0.3 is 4.74 Å². The molecule has 0 radical (unpaired) electrons. The van der Waals surface area contributed by atoms with Crippen LogP contribution in [-0.2, 0) is 0 Å². The summed E-state index contributed by atoms with van der Waals surface area (Å²) < 4.78 is 35.3. The minimum Gasteiger partial charge on any atom is -0.465 e. The SMILES string of the molecule is Fc1ccc(C2Oc3cc(Br)ccc3-c3nccn32)cc1F. The molecule has 3 nitrogen and oxygen atoms in total. The number of hydrogen-bond acceptors (Lipinski definition) is 2. The van der Waals surface area contributed by atoms with Gasteiger partial charge in [-0.3, -0.25) is 4.57 Å². The highest BCUT2D eigenvalue weighted by atomic mass is 79.9. The molecule has 2 heterocycles. The third-order valence-corrected chi connectivity index (χ3v) is 4.07. The Morgan fingerprint density at radius 2 is 1.95 bits per heavy atom. The van der Waals surface area contributed by atoms with Crippen molar-refractivity contribution in [2.24, 2.45) is 0 Å². The van der Waals surface area contributed by atoms with Crippen molar-refractivity contribution >= 4 is 15.9 Å². The van der Waals surface area contributed by atoms with Crippen LogP contribution in [-0.4, -0.2) is 9.55 Å². The molecular weight excluding hydrogens is 354 g/mol. The third kappa shape index (κ3) is 2.02. The molecule has 0 spiro atoms. The molecule has 4 rings (SSSR count). The molecule has 0 N–H and O–H groups in total. The summed E-state index contributed by atoms with van der Waals surface area (Å²) in [5.74, 6) is -0.414. The van der Waals surface area contributed by atoms with Crippen LogP contribution < -0.4 is 4.74 Å². The highest BCUT2D eigenvalue weighted by Gasteiger charge is 2.28. The van der Waals surface area contributed by atoms with Gasteiger partial charge in [-0.15, -0.1) is 0 Å². The van der Waals surface area contributed by atoms with E-state index in [4.69, 9.17) is 4.74 Å². The van der Waals surface area contributed by atoms with E-state index in [-0.39, 0.29) is 0 Å². The molecule has 1 unspecified atom stereocenters. The van der Waals surface area contributed by atoms with E-state index in [1.54, 1.807) is 17.0 Å². The molecule has 1 aliphatic heterocycles. The van der Waals surface area contributed by atoms with Gasteiger partial charge in [0.1, 0.15) is 11.6 Å². The second kappa shape index (κ2) is 4.91. The molecule has 1 atom stereocenters. The maximum Gasteiger partial charge on any atom is 0.203 e. The number of aromatic nitrogens is 2. The van der Waals surface area contributed by atoms with Gasteiger partial charge in [-0.2, -0.15) is 0 Å². The van der Waals surface area contributed by atoms with E-state index in [0.717, 1.165) is 28.0 Å². The Morgan fingerprint density at radius 3 is 2.77 bits per heavy atom. The van der Waals surface area contributed by atoms with Crippen molar-refractivity contribution in [3.05, 3.63) is 70.5 Å². The van der Waals surface area contributed by atoms with Crippen LogP contribution in [0.4, 0.5) is 8.78 Å². The summed E-state index contributed by atoms with van der Waals surface area (Å²) in [5, 5.41) is 0. The normalized spacial score (nSPS) is 15.9. The molecule has 0 fully saturated rings. The van der Waals surface area contributed by atoms with E-state index in [1.165, 1.54) is 6.07 Å². The maximum atomic E-state index is 13.5. The first kappa shape index (κ1) is 13.5. The molecule has 0 amide bonds. The molecule has 110 valence electrons. The summed E-state index contributed by atoms with van der Waals surface area (Å²) in [6.45, 7) is 0. The molecule has 0 saturated carbocycles. The van der Waals surface area contributed by atoms with Gasteiger partial charge in [0.25, 0.3) is 0 Å². The van der Waals surface area contributed by atoms with Gasteiger partial charge in [0.05, 0.1) is 5.56 Å². The van der Waals surface area contributed by atoms with Gasteiger partial charge in [-0.05, 0) is 30.3 Å². The second-order valence-corrected chi connectivity index (χ2v) is 5.86. The van der Waals surface area contributed by atoms with Crippen molar-refractivity contribution in [3.8, 4) is 17.1 Å². The highest BCUT2D eigenvalue weighted by molar-refractivity contribution is 9.10. The number of rotatable bonds is 1. The fraction of sp³-hybridized carbons (Fsp3) is 0.0625. The number of ether oxygens (including phenoxy) is 1. The van der Waals surface area contributed by atoms with Gasteiger partial charge >= 0.3 is 0 Å². The van der Waals surface area contributed by atoms with Crippen LogP contribution in [0.2, 0.25) is 0 Å². The van der Waals surface area contributed by atoms with Crippen LogP contribution in [0.5, 0.6) is 5.75 Å². The van der Waals surface area contributed by atoms with Crippen molar-refractivity contribution in [2.45, 2.75) is 6.23 Å². The Kier molecular flexibility index (Phi) is 3.00. The molecule has 2 aromatic carbocycles. The number of fused-ring (bicyclic) bond motifs is 3. The smallest absolute Gasteiger partial charge is 0.203 e. The molecule has 1 aromatic heterocycles. The minimum absolute atomic E-state index is 0.517. The van der Waals surface area contributed by atoms with Crippen LogP contribution in [0.3, 0.4) is 0 Å². The van der Waals surface area contributed by atoms with Gasteiger partial charge in [0, 0.05) is 22.4 Å². The largest absolute Gasteiger partial charge is 0.465 e. The molecule has 22 heavy (non-hydrogen) atoms. The predicted octanol–water partition coefficient (Wildman–Crippen LogP) is 4.53. The van der Waals surface area contributed by atoms with Crippen molar-refractivity contribution in [3.63, 3.8) is 0 Å². The van der Waals surface area contributed by atoms with Crippen LogP contribution in [0.15, 0.2) is 53.3 Å². The van der Waals surface area contributed by atoms with Crippen molar-refractivity contribution in [2.75, 3.05) is 0 Å². The number of nitrogens with zero attached hydrogens (tertiary/aromatic N) is 2. The first-order valence-electron chi connectivity index (χ1n) is 6.58. The lowest BCUT2D eigenvalue weighted by Crippen LogP contribution is -2.22. The van der Waals surface area contributed by atoms with Crippen molar-refractivity contribution in [1.29, 1.82) is 0 Å². The van der Waals surface area contributed by atoms with E-state index in [2.05, 4.69) is 20.9 Å². The zero-order valence-corrected chi connectivity index (χ0v) is 12.7. The summed E-state index contributed by atoms with van der Waals surface area (Å²) in [7, 11) is 0. The summed E-state index contributed by atoms with van der Waals surface area (Å²) in [6.07, 6.45) is 2.82. The standard InChI is InChI=1S/C16H9BrF2N2O/c17-10-2-3-11-14(8-10)22-16(21-6-5-20-15(11)21)9-1-4-12(18)13(19)7-9/h1-8,16H. The van der Waals surface area contributed by atoms with E-state index < -0.39 is 17.9 Å². The van der Waals surface area contributed by atoms with Crippen molar-refractivity contribution in [1.82, 2.24) is 9.55 Å². The second-order valence-electron chi connectivity index (χ2n) is 4.94. The van der Waals surface area contributed by atoms with E-state index in [1.807, 2.05) is 18.2 Å². The average molecular weight is 363 g/mol. The molecule has 1 aliphatic rings. The molecule has 3 aromatic rings. The number of benzene rings is 2. The average Bonchev–Trinajstić information content (AvgIpc) is 2.98. The summed E-state index contributed by atoms with van der Waals surface area (Å²) in [4.78, 5) is 4.34. The third-order valence-electron chi connectivity index (χ3n) is 3.57. The van der Waals surface area contributed by atoms with Crippen LogP contribution in [0.1, 0.15) is 11.8 Å². The Balaban J connectivity index is 1.88. The molecule has 0 bridgehead atoms. The fourth-order valence-electron chi connectivity index (χ4n) is 2.56. The minimum atomic E-state index is -0.900. The summed E-state index contributed by atoms with van der Waals surface area (Å²) in [6, 6.07) is 9.39. The van der Waals surface area contributed by atoms with E-state index in [9.17, 15) is 8.78 Å². The van der Waals surface area contributed by atoms with Gasteiger partial charge in [0.15, 0.2) is 11.6 Å². The van der Waals surface area contributed by atoms with Gasteiger partial charge in [-0.1, -0.05) is 22.0 Å². The zero-order valence-electron chi connectivity index (χ0n) is 11.1. The van der Waals surface area contributed by atoms with Crippen molar-refractivity contribution < 1.29 is 13.5 Å². The number of halogens is 3. The van der Waals surface area contributed by atoms with Crippen LogP contribution in [0.25, 0.3) is 11.4 Å². The van der Waals surface area contributed by atoms with Crippen LogP contribution >= 0.6 is 15.9 Å². The first-order valence-corrected chi connectivity index (χ1v) is 7.37. The first-order chi connectivity index (χ1) is 10.6. The number of imidazole rings is 1. The molecular formula is C16H9BrF2N2O. The Morgan fingerprint density at radius 1 is 1.09 bits per heavy atom. The fourth-order valence-corrected chi connectivity index (χ4v) is 2.90. The number of hydrogen-bond donors (Lipinski definition) is 0. The van der Waals surface area contributed by atoms with E-state index in [0.29, 0.717) is 11.3 Å². The maximum absolute atomic E-state index is 13.5. The van der Waals surface area contributed by atoms with Gasteiger partial charge in [0.2, 0.25) is 6.23 Å². The van der Waals surface area contributed by atoms with Gasteiger partial charge in [-0.25, -0.2) is 13.8 Å². The lowest BCUT2D eigenvalue weighted by Gasteiger charge is -2.28. The molecule has 0 aliphatic carbocycles. The highest BCUT2D eigenvalue weighted by Crippen LogP contribution is 2.40. The quantitative estimate of drug-likeness (QED) is 0.635.